The molecule has 0 spiro atoms. The Morgan fingerprint density at radius 2 is 1.84 bits per heavy atom. The molecule has 2 heterocycles. The number of fused-ring (bicyclic) bond motifs is 1. The number of ether oxygens (including phenoxy) is 1. The smallest absolute Gasteiger partial charge is 0.417 e. The number of nitrogens with one attached hydrogen (secondary N) is 2. The number of carbonyl (C=O) groups is 3. The summed E-state index contributed by atoms with van der Waals surface area (Å²) in [5.74, 6) is -3.55. The van der Waals surface area contributed by atoms with Gasteiger partial charge in [0, 0.05) is 16.6 Å². The number of H-pyrrole nitrogens is 1. The van der Waals surface area contributed by atoms with Crippen molar-refractivity contribution in [3.63, 3.8) is 0 Å². The lowest BCUT2D eigenvalue weighted by molar-refractivity contribution is -0.156. The van der Waals surface area contributed by atoms with E-state index in [1.165, 1.54) is 30.3 Å². The van der Waals surface area contributed by atoms with E-state index in [0.717, 1.165) is 6.07 Å². The lowest BCUT2D eigenvalue weighted by Crippen LogP contribution is -2.32. The fourth-order valence-corrected chi connectivity index (χ4v) is 4.25. The van der Waals surface area contributed by atoms with Gasteiger partial charge in [-0.15, -0.1) is 0 Å². The standard InChI is InChI=1S/C25H21F3N2O7/c26-25(27,28)18-4-2-1-3-15(18)19-8-13-6-5-12(7-16(13)23(34)30-19)17-9-14(29-22(17)33)11-37-21(32)10-20(31)24(35)36/h1-8,14,17,20,31H,9-11H2,(H,29,33)(H,30,34)(H,35,36)/t14?,17-,20-/m0/s1. The highest BCUT2D eigenvalue weighted by molar-refractivity contribution is 5.90. The van der Waals surface area contributed by atoms with Crippen LogP contribution in [-0.2, 0) is 25.3 Å². The number of amides is 1. The molecule has 194 valence electrons. The third-order valence-electron chi connectivity index (χ3n) is 6.07. The topological polar surface area (TPSA) is 146 Å². The third-order valence-corrected chi connectivity index (χ3v) is 6.07. The van der Waals surface area contributed by atoms with E-state index in [4.69, 9.17) is 9.84 Å². The molecule has 1 fully saturated rings. The quantitative estimate of drug-likeness (QED) is 0.352. The Balaban J connectivity index is 1.53. The van der Waals surface area contributed by atoms with Gasteiger partial charge in [0.2, 0.25) is 5.91 Å². The van der Waals surface area contributed by atoms with Gasteiger partial charge in [-0.2, -0.15) is 13.2 Å². The first-order valence-corrected chi connectivity index (χ1v) is 11.1. The molecule has 0 radical (unpaired) electrons. The summed E-state index contributed by atoms with van der Waals surface area (Å²) in [5.41, 5.74) is -1.16. The van der Waals surface area contributed by atoms with Gasteiger partial charge in [0.25, 0.3) is 5.56 Å². The SMILES string of the molecule is O=C(C[C@H](O)C(=O)O)OCC1C[C@@H](c2ccc3cc(-c4ccccc4C(F)(F)F)[nH]c(=O)c3c2)C(=O)N1. The van der Waals surface area contributed by atoms with Crippen LogP contribution in [0.1, 0.15) is 29.9 Å². The number of pyridine rings is 1. The normalized spacial score (nSPS) is 18.4. The molecule has 1 aromatic heterocycles. The van der Waals surface area contributed by atoms with Gasteiger partial charge in [-0.3, -0.25) is 14.4 Å². The summed E-state index contributed by atoms with van der Waals surface area (Å²) < 4.78 is 45.3. The Bertz CT molecular complexity index is 1430. The van der Waals surface area contributed by atoms with Crippen LogP contribution in [0, 0.1) is 0 Å². The summed E-state index contributed by atoms with van der Waals surface area (Å²) in [7, 11) is 0. The second kappa shape index (κ2) is 10.1. The molecule has 2 aromatic carbocycles. The molecule has 3 atom stereocenters. The van der Waals surface area contributed by atoms with E-state index < -0.39 is 53.7 Å². The predicted molar refractivity (Wildman–Crippen MR) is 124 cm³/mol. The molecular weight excluding hydrogens is 497 g/mol. The molecule has 0 aliphatic carbocycles. The minimum Gasteiger partial charge on any atom is -0.479 e. The maximum Gasteiger partial charge on any atom is 0.417 e. The molecule has 1 unspecified atom stereocenters. The number of benzene rings is 2. The number of carboxylic acid groups (broad SMARTS) is 1. The number of hydrogen-bond acceptors (Lipinski definition) is 6. The predicted octanol–water partition coefficient (Wildman–Crippen LogP) is 2.56. The van der Waals surface area contributed by atoms with Gasteiger partial charge < -0.3 is 25.3 Å². The van der Waals surface area contributed by atoms with Gasteiger partial charge in [0.1, 0.15) is 6.61 Å². The van der Waals surface area contributed by atoms with E-state index in [2.05, 4.69) is 10.3 Å². The number of rotatable bonds is 7. The first kappa shape index (κ1) is 25.9. The first-order valence-electron chi connectivity index (χ1n) is 11.1. The largest absolute Gasteiger partial charge is 0.479 e. The van der Waals surface area contributed by atoms with Crippen LogP contribution in [0.2, 0.25) is 0 Å². The molecule has 1 aliphatic heterocycles. The summed E-state index contributed by atoms with van der Waals surface area (Å²) in [5, 5.41) is 21.1. The van der Waals surface area contributed by atoms with Crippen LogP contribution in [0.4, 0.5) is 13.2 Å². The number of aliphatic carboxylic acids is 1. The summed E-state index contributed by atoms with van der Waals surface area (Å²) in [6.45, 7) is -0.233. The van der Waals surface area contributed by atoms with Gasteiger partial charge in [-0.25, -0.2) is 4.79 Å². The molecule has 4 rings (SSSR count). The highest BCUT2D eigenvalue weighted by Gasteiger charge is 2.35. The summed E-state index contributed by atoms with van der Waals surface area (Å²) in [6, 6.07) is 10.4. The number of aliphatic hydroxyl groups excluding tert-OH is 1. The molecule has 12 heteroatoms. The monoisotopic (exact) mass is 518 g/mol. The second-order valence-corrected chi connectivity index (χ2v) is 8.64. The van der Waals surface area contributed by atoms with Crippen LogP contribution in [0.5, 0.6) is 0 Å². The van der Waals surface area contributed by atoms with Crippen molar-refractivity contribution in [3.05, 3.63) is 70.0 Å². The third kappa shape index (κ3) is 5.64. The minimum atomic E-state index is -4.61. The van der Waals surface area contributed by atoms with Gasteiger partial charge in [0.15, 0.2) is 6.10 Å². The molecule has 1 aliphatic rings. The zero-order chi connectivity index (χ0) is 26.9. The van der Waals surface area contributed by atoms with Crippen molar-refractivity contribution in [1.29, 1.82) is 0 Å². The summed E-state index contributed by atoms with van der Waals surface area (Å²) in [4.78, 5) is 50.1. The maximum absolute atomic E-state index is 13.4. The van der Waals surface area contributed by atoms with Gasteiger partial charge in [0.05, 0.1) is 23.9 Å². The van der Waals surface area contributed by atoms with Crippen LogP contribution >= 0.6 is 0 Å². The van der Waals surface area contributed by atoms with Crippen LogP contribution in [0.3, 0.4) is 0 Å². The van der Waals surface area contributed by atoms with Crippen molar-refractivity contribution in [2.75, 3.05) is 6.61 Å². The number of carbonyl (C=O) groups excluding carboxylic acids is 2. The van der Waals surface area contributed by atoms with E-state index in [1.54, 1.807) is 12.1 Å². The van der Waals surface area contributed by atoms with E-state index in [1.807, 2.05) is 0 Å². The van der Waals surface area contributed by atoms with Crippen molar-refractivity contribution in [1.82, 2.24) is 10.3 Å². The van der Waals surface area contributed by atoms with Crippen molar-refractivity contribution in [3.8, 4) is 11.3 Å². The Morgan fingerprint density at radius 1 is 1.11 bits per heavy atom. The second-order valence-electron chi connectivity index (χ2n) is 8.64. The summed E-state index contributed by atoms with van der Waals surface area (Å²) >= 11 is 0. The molecule has 3 aromatic rings. The molecule has 9 nitrogen and oxygen atoms in total. The van der Waals surface area contributed by atoms with Crippen molar-refractivity contribution < 1.29 is 42.5 Å². The lowest BCUT2D eigenvalue weighted by Gasteiger charge is -2.14. The Hall–Kier alpha value is -4.19. The molecule has 4 N–H and O–H groups in total. The van der Waals surface area contributed by atoms with E-state index in [0.29, 0.717) is 10.9 Å². The summed E-state index contributed by atoms with van der Waals surface area (Å²) in [6.07, 6.45) is -7.02. The number of hydrogen-bond donors (Lipinski definition) is 4. The lowest BCUT2D eigenvalue weighted by atomic mass is 9.93. The molecular formula is C25H21F3N2O7. The number of carboxylic acids is 1. The van der Waals surface area contributed by atoms with Crippen molar-refractivity contribution in [2.24, 2.45) is 0 Å². The number of halogens is 3. The van der Waals surface area contributed by atoms with E-state index in [9.17, 15) is 37.5 Å². The van der Waals surface area contributed by atoms with Gasteiger partial charge >= 0.3 is 18.1 Å². The van der Waals surface area contributed by atoms with Gasteiger partial charge in [-0.05, 0) is 35.6 Å². The Labute approximate surface area is 206 Å². The van der Waals surface area contributed by atoms with Crippen LogP contribution in [0.15, 0.2) is 53.3 Å². The molecule has 1 amide bonds. The number of aromatic amines is 1. The molecule has 0 bridgehead atoms. The minimum absolute atomic E-state index is 0.00619. The van der Waals surface area contributed by atoms with E-state index >= 15 is 0 Å². The zero-order valence-electron chi connectivity index (χ0n) is 19.0. The van der Waals surface area contributed by atoms with Crippen LogP contribution < -0.4 is 10.9 Å². The van der Waals surface area contributed by atoms with Crippen molar-refractivity contribution in [2.45, 2.75) is 37.1 Å². The van der Waals surface area contributed by atoms with Crippen molar-refractivity contribution >= 4 is 28.6 Å². The van der Waals surface area contributed by atoms with Gasteiger partial charge in [-0.1, -0.05) is 30.3 Å². The average molecular weight is 518 g/mol. The van der Waals surface area contributed by atoms with E-state index in [-0.39, 0.29) is 35.6 Å². The van der Waals surface area contributed by atoms with Crippen LogP contribution in [0.25, 0.3) is 22.0 Å². The number of aromatic nitrogens is 1. The maximum atomic E-state index is 13.4. The van der Waals surface area contributed by atoms with Crippen LogP contribution in [-0.4, -0.2) is 51.8 Å². The first-order chi connectivity index (χ1) is 17.4. The molecule has 37 heavy (non-hydrogen) atoms. The fourth-order valence-electron chi connectivity index (χ4n) is 4.25. The average Bonchev–Trinajstić information content (AvgIpc) is 3.22. The molecule has 1 saturated heterocycles. The number of esters is 1. The number of alkyl halides is 3. The Morgan fingerprint density at radius 3 is 2.54 bits per heavy atom. The fraction of sp³-hybridized carbons (Fsp3) is 0.280. The Kier molecular flexibility index (Phi) is 7.03. The molecule has 0 saturated carbocycles. The zero-order valence-corrected chi connectivity index (χ0v) is 19.0. The highest BCUT2D eigenvalue weighted by atomic mass is 19.4. The number of aliphatic hydroxyl groups is 1. The highest BCUT2D eigenvalue weighted by Crippen LogP contribution is 2.37.